The number of benzene rings is 2. The maximum absolute atomic E-state index is 12.9. The summed E-state index contributed by atoms with van der Waals surface area (Å²) in [7, 11) is 0. The zero-order chi connectivity index (χ0) is 20.5. The van der Waals surface area contributed by atoms with E-state index in [0.717, 1.165) is 43.6 Å². The minimum absolute atomic E-state index is 0.0470. The van der Waals surface area contributed by atoms with Gasteiger partial charge in [0.2, 0.25) is 11.1 Å². The third kappa shape index (κ3) is 4.01. The van der Waals surface area contributed by atoms with Crippen molar-refractivity contribution in [1.29, 1.82) is 0 Å². The van der Waals surface area contributed by atoms with E-state index in [2.05, 4.69) is 29.6 Å². The summed E-state index contributed by atoms with van der Waals surface area (Å²) in [5, 5.41) is 8.42. The second kappa shape index (κ2) is 8.26. The number of amides is 1. The van der Waals surface area contributed by atoms with E-state index in [1.165, 1.54) is 22.9 Å². The molecule has 1 amide bonds. The molecule has 1 fully saturated rings. The highest BCUT2D eigenvalue weighted by atomic mass is 32.2. The zero-order valence-corrected chi connectivity index (χ0v) is 17.9. The number of hydrogen-bond acceptors (Lipinski definition) is 4. The molecule has 2 aliphatic rings. The lowest BCUT2D eigenvalue weighted by Gasteiger charge is -2.27. The van der Waals surface area contributed by atoms with Crippen LogP contribution in [0.2, 0.25) is 0 Å². The number of carbonyl (C=O) groups is 1. The monoisotopic (exact) mass is 418 g/mol. The van der Waals surface area contributed by atoms with Gasteiger partial charge in [-0.05, 0) is 62.3 Å². The number of aryl methyl sites for hydroxylation is 1. The molecule has 6 heteroatoms. The molecule has 0 aliphatic heterocycles. The Morgan fingerprint density at radius 2 is 1.87 bits per heavy atom. The summed E-state index contributed by atoms with van der Waals surface area (Å²) in [6.07, 6.45) is 5.52. The van der Waals surface area contributed by atoms with E-state index in [0.29, 0.717) is 11.1 Å². The van der Waals surface area contributed by atoms with Crippen LogP contribution in [0.4, 0.5) is 0 Å². The number of hydrogen-bond donors (Lipinski definition) is 1. The standard InChI is InChI=1S/C24H26N4OS/c1-16(23(29)25-21-13-7-9-17-8-5-6-12-20(17)21)30-24-26-22(18-14-15-18)28(27-24)19-10-3-2-4-11-19/h2-6,8,10-12,16,18,21H,7,9,13-15H2,1H3,(H,25,29)/t16-,21-/m0/s1. The van der Waals surface area contributed by atoms with Crippen LogP contribution in [0.1, 0.15) is 61.5 Å². The molecule has 1 heterocycles. The number of rotatable bonds is 6. The van der Waals surface area contributed by atoms with Gasteiger partial charge in [0.25, 0.3) is 0 Å². The van der Waals surface area contributed by atoms with Gasteiger partial charge in [0.15, 0.2) is 0 Å². The van der Waals surface area contributed by atoms with Gasteiger partial charge in [0.05, 0.1) is 17.0 Å². The summed E-state index contributed by atoms with van der Waals surface area (Å²) in [6.45, 7) is 1.94. The number of fused-ring (bicyclic) bond motifs is 1. The maximum atomic E-state index is 12.9. The number of nitrogens with zero attached hydrogens (tertiary/aromatic N) is 3. The molecule has 0 saturated heterocycles. The summed E-state index contributed by atoms with van der Waals surface area (Å²) >= 11 is 1.44. The molecule has 1 aromatic heterocycles. The van der Waals surface area contributed by atoms with Gasteiger partial charge in [0.1, 0.15) is 5.82 Å². The Morgan fingerprint density at radius 3 is 2.67 bits per heavy atom. The Bertz CT molecular complexity index is 1040. The van der Waals surface area contributed by atoms with Crippen molar-refractivity contribution in [2.75, 3.05) is 0 Å². The SMILES string of the molecule is C[C@H](Sc1nc(C2CC2)n(-c2ccccc2)n1)C(=O)N[C@H]1CCCc2ccccc21. The number of para-hydroxylation sites is 1. The van der Waals surface area contributed by atoms with Gasteiger partial charge in [-0.15, -0.1) is 5.10 Å². The molecule has 5 rings (SSSR count). The van der Waals surface area contributed by atoms with Crippen molar-refractivity contribution in [3.63, 3.8) is 0 Å². The normalized spacial score (nSPS) is 19.2. The molecular weight excluding hydrogens is 392 g/mol. The molecule has 0 unspecified atom stereocenters. The van der Waals surface area contributed by atoms with Crippen LogP contribution in [0, 0.1) is 0 Å². The van der Waals surface area contributed by atoms with Gasteiger partial charge in [-0.3, -0.25) is 4.79 Å². The van der Waals surface area contributed by atoms with Crippen LogP contribution >= 0.6 is 11.8 Å². The van der Waals surface area contributed by atoms with Crippen molar-refractivity contribution >= 4 is 17.7 Å². The molecule has 0 spiro atoms. The van der Waals surface area contributed by atoms with E-state index in [-0.39, 0.29) is 17.2 Å². The third-order valence-electron chi connectivity index (χ3n) is 5.89. The molecule has 2 aromatic carbocycles. The van der Waals surface area contributed by atoms with Crippen molar-refractivity contribution < 1.29 is 4.79 Å². The second-order valence-electron chi connectivity index (χ2n) is 8.19. The molecule has 2 aliphatic carbocycles. The van der Waals surface area contributed by atoms with Gasteiger partial charge in [0, 0.05) is 5.92 Å². The first kappa shape index (κ1) is 19.4. The van der Waals surface area contributed by atoms with Crippen LogP contribution in [-0.4, -0.2) is 25.9 Å². The molecule has 5 nitrogen and oxygen atoms in total. The second-order valence-corrected chi connectivity index (χ2v) is 9.49. The van der Waals surface area contributed by atoms with Crippen LogP contribution in [0.3, 0.4) is 0 Å². The van der Waals surface area contributed by atoms with Gasteiger partial charge >= 0.3 is 0 Å². The quantitative estimate of drug-likeness (QED) is 0.583. The topological polar surface area (TPSA) is 59.8 Å². The van der Waals surface area contributed by atoms with E-state index < -0.39 is 0 Å². The van der Waals surface area contributed by atoms with E-state index in [1.807, 2.05) is 41.9 Å². The minimum atomic E-state index is -0.252. The van der Waals surface area contributed by atoms with E-state index in [4.69, 9.17) is 10.1 Å². The lowest BCUT2D eigenvalue weighted by molar-refractivity contribution is -0.121. The molecule has 2 atom stereocenters. The molecule has 3 aromatic rings. The van der Waals surface area contributed by atoms with Crippen molar-refractivity contribution in [3.05, 3.63) is 71.5 Å². The predicted octanol–water partition coefficient (Wildman–Crippen LogP) is 4.82. The summed E-state index contributed by atoms with van der Waals surface area (Å²) in [5.74, 6) is 1.54. The van der Waals surface area contributed by atoms with Crippen LogP contribution < -0.4 is 5.32 Å². The first-order chi connectivity index (χ1) is 14.7. The largest absolute Gasteiger partial charge is 0.348 e. The molecule has 1 N–H and O–H groups in total. The van der Waals surface area contributed by atoms with Crippen LogP contribution in [0.5, 0.6) is 0 Å². The Balaban J connectivity index is 1.30. The van der Waals surface area contributed by atoms with Gasteiger partial charge in [-0.25, -0.2) is 9.67 Å². The van der Waals surface area contributed by atoms with E-state index in [1.54, 1.807) is 0 Å². The van der Waals surface area contributed by atoms with Gasteiger partial charge in [-0.2, -0.15) is 0 Å². The van der Waals surface area contributed by atoms with Gasteiger partial charge < -0.3 is 5.32 Å². The van der Waals surface area contributed by atoms with Crippen molar-refractivity contribution in [2.24, 2.45) is 0 Å². The number of carbonyl (C=O) groups excluding carboxylic acids is 1. The minimum Gasteiger partial charge on any atom is -0.348 e. The predicted molar refractivity (Wildman–Crippen MR) is 119 cm³/mol. The smallest absolute Gasteiger partial charge is 0.233 e. The fraction of sp³-hybridized carbons (Fsp3) is 0.375. The highest BCUT2D eigenvalue weighted by molar-refractivity contribution is 8.00. The highest BCUT2D eigenvalue weighted by Crippen LogP contribution is 2.40. The lowest BCUT2D eigenvalue weighted by atomic mass is 9.88. The Morgan fingerprint density at radius 1 is 1.10 bits per heavy atom. The number of nitrogens with one attached hydrogen (secondary N) is 1. The summed E-state index contributed by atoms with van der Waals surface area (Å²) < 4.78 is 1.95. The van der Waals surface area contributed by atoms with Gasteiger partial charge in [-0.1, -0.05) is 54.2 Å². The Hall–Kier alpha value is -2.60. The van der Waals surface area contributed by atoms with Crippen LogP contribution in [-0.2, 0) is 11.2 Å². The zero-order valence-electron chi connectivity index (χ0n) is 17.1. The number of aromatic nitrogens is 3. The molecule has 0 bridgehead atoms. The average Bonchev–Trinajstić information content (AvgIpc) is 3.54. The lowest BCUT2D eigenvalue weighted by Crippen LogP contribution is -2.35. The highest BCUT2D eigenvalue weighted by Gasteiger charge is 2.31. The van der Waals surface area contributed by atoms with E-state index >= 15 is 0 Å². The summed E-state index contributed by atoms with van der Waals surface area (Å²) in [5.41, 5.74) is 3.64. The fourth-order valence-corrected chi connectivity index (χ4v) is 4.89. The average molecular weight is 419 g/mol. The Labute approximate surface area is 181 Å². The third-order valence-corrected chi connectivity index (χ3v) is 6.84. The fourth-order valence-electron chi connectivity index (χ4n) is 4.12. The molecule has 154 valence electrons. The van der Waals surface area contributed by atoms with Crippen molar-refractivity contribution in [2.45, 2.75) is 61.4 Å². The first-order valence-corrected chi connectivity index (χ1v) is 11.6. The van der Waals surface area contributed by atoms with Crippen LogP contribution in [0.15, 0.2) is 59.8 Å². The molecule has 1 saturated carbocycles. The summed E-state index contributed by atoms with van der Waals surface area (Å²) in [6, 6.07) is 18.7. The molecule has 0 radical (unpaired) electrons. The molecular formula is C24H26N4OS. The number of thioether (sulfide) groups is 1. The molecule has 30 heavy (non-hydrogen) atoms. The van der Waals surface area contributed by atoms with E-state index in [9.17, 15) is 4.79 Å². The first-order valence-electron chi connectivity index (χ1n) is 10.8. The van der Waals surface area contributed by atoms with Crippen molar-refractivity contribution in [1.82, 2.24) is 20.1 Å². The Kier molecular flexibility index (Phi) is 5.34. The van der Waals surface area contributed by atoms with Crippen LogP contribution in [0.25, 0.3) is 5.69 Å². The summed E-state index contributed by atoms with van der Waals surface area (Å²) in [4.78, 5) is 17.7. The maximum Gasteiger partial charge on any atom is 0.233 e. The van der Waals surface area contributed by atoms with Crippen molar-refractivity contribution in [3.8, 4) is 5.69 Å².